The number of nitrogens with one attached hydrogen (secondary N) is 2. The smallest absolute Gasteiger partial charge is 0.191 e. The van der Waals surface area contributed by atoms with Gasteiger partial charge in [0.05, 0.1) is 0 Å². The molecule has 4 nitrogen and oxygen atoms in total. The van der Waals surface area contributed by atoms with Crippen LogP contribution in [0.3, 0.4) is 0 Å². The van der Waals surface area contributed by atoms with Crippen molar-refractivity contribution in [3.63, 3.8) is 0 Å². The van der Waals surface area contributed by atoms with Gasteiger partial charge in [-0.3, -0.25) is 4.99 Å². The molecule has 2 N–H and O–H groups in total. The maximum atomic E-state index is 13.8. The van der Waals surface area contributed by atoms with E-state index in [1.807, 2.05) is 12.1 Å². The van der Waals surface area contributed by atoms with Gasteiger partial charge < -0.3 is 15.4 Å². The summed E-state index contributed by atoms with van der Waals surface area (Å²) in [6.07, 6.45) is 1.62. The fourth-order valence-electron chi connectivity index (χ4n) is 3.55. The maximum absolute atomic E-state index is 13.8. The van der Waals surface area contributed by atoms with Crippen molar-refractivity contribution in [3.05, 3.63) is 70.8 Å². The number of benzene rings is 2. The van der Waals surface area contributed by atoms with Gasteiger partial charge in [-0.05, 0) is 54.7 Å². The molecule has 28 heavy (non-hydrogen) atoms. The second-order valence-electron chi connectivity index (χ2n) is 7.27. The summed E-state index contributed by atoms with van der Waals surface area (Å²) >= 11 is 0. The van der Waals surface area contributed by atoms with Crippen LogP contribution in [0.25, 0.3) is 0 Å². The van der Waals surface area contributed by atoms with E-state index >= 15 is 0 Å². The first-order valence-corrected chi connectivity index (χ1v) is 9.56. The van der Waals surface area contributed by atoms with Crippen LogP contribution in [0.15, 0.2) is 47.5 Å². The fraction of sp³-hybridized carbons (Fsp3) is 0.409. The van der Waals surface area contributed by atoms with Gasteiger partial charge >= 0.3 is 0 Å². The standard InChI is InChI=1S/C22H27F2N3O/c1-16-6-7-17(12-20(16)24)14-26-21(25-2)27-15-22(8-10-28-11-9-22)18-4-3-5-19(23)13-18/h3-7,12-13H,8-11,14-15H2,1-2H3,(H2,25,26,27). The first-order chi connectivity index (χ1) is 13.5. The highest BCUT2D eigenvalue weighted by Crippen LogP contribution is 2.34. The van der Waals surface area contributed by atoms with E-state index in [4.69, 9.17) is 4.74 Å². The first-order valence-electron chi connectivity index (χ1n) is 9.56. The number of halogens is 2. The highest BCUT2D eigenvalue weighted by molar-refractivity contribution is 5.79. The third kappa shape index (κ3) is 4.87. The molecule has 2 aromatic rings. The van der Waals surface area contributed by atoms with E-state index in [-0.39, 0.29) is 17.0 Å². The third-order valence-corrected chi connectivity index (χ3v) is 5.40. The largest absolute Gasteiger partial charge is 0.381 e. The number of hydrogen-bond donors (Lipinski definition) is 2. The molecular weight excluding hydrogens is 360 g/mol. The molecule has 0 amide bonds. The van der Waals surface area contributed by atoms with Crippen LogP contribution in [0.1, 0.15) is 29.5 Å². The molecule has 1 heterocycles. The Morgan fingerprint density at radius 1 is 1.11 bits per heavy atom. The van der Waals surface area contributed by atoms with Gasteiger partial charge in [0.25, 0.3) is 0 Å². The van der Waals surface area contributed by atoms with Crippen LogP contribution >= 0.6 is 0 Å². The monoisotopic (exact) mass is 387 g/mol. The molecule has 150 valence electrons. The van der Waals surface area contributed by atoms with Crippen molar-refractivity contribution in [1.29, 1.82) is 0 Å². The number of aryl methyl sites for hydroxylation is 1. The first kappa shape index (κ1) is 20.3. The van der Waals surface area contributed by atoms with Crippen molar-refractivity contribution in [2.45, 2.75) is 31.7 Å². The van der Waals surface area contributed by atoms with Gasteiger partial charge in [-0.2, -0.15) is 0 Å². The molecule has 6 heteroatoms. The van der Waals surface area contributed by atoms with E-state index in [0.29, 0.717) is 37.8 Å². The number of nitrogens with zero attached hydrogens (tertiary/aromatic N) is 1. The molecule has 1 aliphatic heterocycles. The minimum absolute atomic E-state index is 0.213. The van der Waals surface area contributed by atoms with Gasteiger partial charge in [-0.15, -0.1) is 0 Å². The number of rotatable bonds is 5. The minimum atomic E-state index is -0.229. The third-order valence-electron chi connectivity index (χ3n) is 5.40. The van der Waals surface area contributed by atoms with Crippen molar-refractivity contribution in [2.24, 2.45) is 4.99 Å². The van der Waals surface area contributed by atoms with Gasteiger partial charge in [0.2, 0.25) is 0 Å². The summed E-state index contributed by atoms with van der Waals surface area (Å²) in [5.41, 5.74) is 2.23. The highest BCUT2D eigenvalue weighted by Gasteiger charge is 2.34. The van der Waals surface area contributed by atoms with Gasteiger partial charge in [0.1, 0.15) is 11.6 Å². The molecule has 1 aliphatic rings. The molecular formula is C22H27F2N3O. The molecule has 0 saturated carbocycles. The van der Waals surface area contributed by atoms with Crippen molar-refractivity contribution >= 4 is 5.96 Å². The predicted molar refractivity (Wildman–Crippen MR) is 107 cm³/mol. The van der Waals surface area contributed by atoms with Crippen molar-refractivity contribution < 1.29 is 13.5 Å². The Morgan fingerprint density at radius 3 is 2.57 bits per heavy atom. The zero-order chi connectivity index (χ0) is 20.0. The number of hydrogen-bond acceptors (Lipinski definition) is 2. The van der Waals surface area contributed by atoms with Crippen LogP contribution in [-0.2, 0) is 16.7 Å². The van der Waals surface area contributed by atoms with E-state index in [1.54, 1.807) is 32.2 Å². The summed E-state index contributed by atoms with van der Waals surface area (Å²) in [7, 11) is 1.70. The van der Waals surface area contributed by atoms with Gasteiger partial charge in [-0.1, -0.05) is 24.3 Å². The lowest BCUT2D eigenvalue weighted by atomic mass is 9.74. The van der Waals surface area contributed by atoms with E-state index in [0.717, 1.165) is 24.0 Å². The maximum Gasteiger partial charge on any atom is 0.191 e. The number of ether oxygens (including phenoxy) is 1. The average molecular weight is 387 g/mol. The quantitative estimate of drug-likeness (QED) is 0.608. The van der Waals surface area contributed by atoms with Crippen LogP contribution in [0.4, 0.5) is 8.78 Å². The van der Waals surface area contributed by atoms with Gasteiger partial charge in [0.15, 0.2) is 5.96 Å². The molecule has 1 saturated heterocycles. The molecule has 0 unspecified atom stereocenters. The van der Waals surface area contributed by atoms with Crippen molar-refractivity contribution in [1.82, 2.24) is 10.6 Å². The molecule has 0 aliphatic carbocycles. The van der Waals surface area contributed by atoms with E-state index in [1.165, 1.54) is 12.1 Å². The summed E-state index contributed by atoms with van der Waals surface area (Å²) in [4.78, 5) is 4.27. The van der Waals surface area contributed by atoms with Crippen LogP contribution in [0.5, 0.6) is 0 Å². The Bertz CT molecular complexity index is 832. The normalized spacial score (nSPS) is 16.6. The Labute approximate surface area is 165 Å². The van der Waals surface area contributed by atoms with Crippen LogP contribution in [-0.4, -0.2) is 32.8 Å². The number of guanidine groups is 1. The molecule has 0 radical (unpaired) electrons. The van der Waals surface area contributed by atoms with E-state index < -0.39 is 0 Å². The average Bonchev–Trinajstić information content (AvgIpc) is 2.71. The lowest BCUT2D eigenvalue weighted by Crippen LogP contribution is -2.48. The van der Waals surface area contributed by atoms with E-state index in [2.05, 4.69) is 15.6 Å². The summed E-state index contributed by atoms with van der Waals surface area (Å²) < 4.78 is 33.1. The zero-order valence-electron chi connectivity index (χ0n) is 16.4. The second-order valence-corrected chi connectivity index (χ2v) is 7.27. The van der Waals surface area contributed by atoms with Crippen molar-refractivity contribution in [3.8, 4) is 0 Å². The molecule has 0 aromatic heterocycles. The van der Waals surface area contributed by atoms with Crippen LogP contribution in [0.2, 0.25) is 0 Å². The number of aliphatic imine (C=N–C) groups is 1. The lowest BCUT2D eigenvalue weighted by Gasteiger charge is -2.38. The van der Waals surface area contributed by atoms with Crippen LogP contribution in [0, 0.1) is 18.6 Å². The van der Waals surface area contributed by atoms with Crippen molar-refractivity contribution in [2.75, 3.05) is 26.8 Å². The predicted octanol–water partition coefficient (Wildman–Crippen LogP) is 3.69. The molecule has 0 atom stereocenters. The van der Waals surface area contributed by atoms with Gasteiger partial charge in [-0.25, -0.2) is 8.78 Å². The molecule has 2 aromatic carbocycles. The van der Waals surface area contributed by atoms with Gasteiger partial charge in [0, 0.05) is 38.8 Å². The molecule has 0 bridgehead atoms. The molecule has 3 rings (SSSR count). The molecule has 0 spiro atoms. The summed E-state index contributed by atoms with van der Waals surface area (Å²) in [6, 6.07) is 12.0. The van der Waals surface area contributed by atoms with E-state index in [9.17, 15) is 8.78 Å². The Kier molecular flexibility index (Phi) is 6.62. The second kappa shape index (κ2) is 9.15. The summed E-state index contributed by atoms with van der Waals surface area (Å²) in [6.45, 7) is 4.11. The summed E-state index contributed by atoms with van der Waals surface area (Å²) in [5.74, 6) is 0.185. The Morgan fingerprint density at radius 2 is 1.89 bits per heavy atom. The van der Waals surface area contributed by atoms with Crippen LogP contribution < -0.4 is 10.6 Å². The minimum Gasteiger partial charge on any atom is -0.381 e. The Balaban J connectivity index is 1.66. The SMILES string of the molecule is CN=C(NCc1ccc(C)c(F)c1)NCC1(c2cccc(F)c2)CCOCC1. The highest BCUT2D eigenvalue weighted by atomic mass is 19.1. The fourth-order valence-corrected chi connectivity index (χ4v) is 3.55. The zero-order valence-corrected chi connectivity index (χ0v) is 16.4. The lowest BCUT2D eigenvalue weighted by molar-refractivity contribution is 0.0513. The topological polar surface area (TPSA) is 45.7 Å². The summed E-state index contributed by atoms with van der Waals surface area (Å²) in [5, 5.41) is 6.58. The Hall–Kier alpha value is -2.47. The molecule has 1 fully saturated rings.